The van der Waals surface area contributed by atoms with Crippen LogP contribution in [0.3, 0.4) is 0 Å². The highest BCUT2D eigenvalue weighted by atomic mass is 16.5. The van der Waals surface area contributed by atoms with Crippen molar-refractivity contribution in [3.63, 3.8) is 0 Å². The third-order valence-corrected chi connectivity index (χ3v) is 4.00. The summed E-state index contributed by atoms with van der Waals surface area (Å²) in [5.41, 5.74) is -0.928. The standard InChI is InChI=1S/C16H19NO6/c1-22-7-6-17-13(18)9-16(15(17)21,10-14(19)20)11-4-3-5-12(8-11)23-2/h3-5,8H,6-7,9-10H2,1-2H3,(H,19,20). The molecule has 0 spiro atoms. The van der Waals surface area contributed by atoms with Gasteiger partial charge in [0, 0.05) is 13.5 Å². The summed E-state index contributed by atoms with van der Waals surface area (Å²) in [5.74, 6) is -1.53. The molecule has 0 bridgehead atoms. The molecule has 0 aromatic heterocycles. The lowest BCUT2D eigenvalue weighted by Crippen LogP contribution is -2.41. The van der Waals surface area contributed by atoms with Crippen LogP contribution in [0.2, 0.25) is 0 Å². The number of methoxy groups -OCH3 is 2. The Morgan fingerprint density at radius 3 is 2.70 bits per heavy atom. The number of carbonyl (C=O) groups excluding carboxylic acids is 2. The third kappa shape index (κ3) is 3.19. The van der Waals surface area contributed by atoms with Gasteiger partial charge in [-0.1, -0.05) is 12.1 Å². The molecule has 7 heteroatoms. The number of carboxylic acids is 1. The molecule has 1 heterocycles. The Balaban J connectivity index is 2.46. The lowest BCUT2D eigenvalue weighted by molar-refractivity contribution is -0.145. The van der Waals surface area contributed by atoms with Gasteiger partial charge in [-0.05, 0) is 17.7 Å². The number of hydrogen-bond acceptors (Lipinski definition) is 5. The van der Waals surface area contributed by atoms with Crippen LogP contribution in [-0.2, 0) is 24.5 Å². The quantitative estimate of drug-likeness (QED) is 0.747. The molecule has 1 unspecified atom stereocenters. The molecule has 1 fully saturated rings. The molecule has 0 saturated carbocycles. The number of carbonyl (C=O) groups is 3. The second kappa shape index (κ2) is 6.78. The third-order valence-electron chi connectivity index (χ3n) is 4.00. The summed E-state index contributed by atoms with van der Waals surface area (Å²) in [5, 5.41) is 9.26. The Morgan fingerprint density at radius 1 is 1.35 bits per heavy atom. The van der Waals surface area contributed by atoms with E-state index in [1.807, 2.05) is 0 Å². The largest absolute Gasteiger partial charge is 0.497 e. The molecule has 2 rings (SSSR count). The normalized spacial score (nSPS) is 20.9. The van der Waals surface area contributed by atoms with E-state index in [2.05, 4.69) is 0 Å². The van der Waals surface area contributed by atoms with Crippen molar-refractivity contribution in [1.29, 1.82) is 0 Å². The van der Waals surface area contributed by atoms with Crippen LogP contribution in [0.15, 0.2) is 24.3 Å². The number of benzene rings is 1. The van der Waals surface area contributed by atoms with Gasteiger partial charge in [-0.25, -0.2) is 0 Å². The zero-order valence-electron chi connectivity index (χ0n) is 13.1. The molecular formula is C16H19NO6. The fourth-order valence-corrected chi connectivity index (χ4v) is 2.85. The first kappa shape index (κ1) is 17.0. The molecule has 23 heavy (non-hydrogen) atoms. The van der Waals surface area contributed by atoms with E-state index in [4.69, 9.17) is 9.47 Å². The predicted molar refractivity (Wildman–Crippen MR) is 80.1 cm³/mol. The van der Waals surface area contributed by atoms with Gasteiger partial charge in [0.2, 0.25) is 11.8 Å². The van der Waals surface area contributed by atoms with E-state index in [0.29, 0.717) is 11.3 Å². The topological polar surface area (TPSA) is 93.1 Å². The average molecular weight is 321 g/mol. The van der Waals surface area contributed by atoms with Crippen molar-refractivity contribution in [3.05, 3.63) is 29.8 Å². The fourth-order valence-electron chi connectivity index (χ4n) is 2.85. The number of hydrogen-bond donors (Lipinski definition) is 1. The van der Waals surface area contributed by atoms with Crippen molar-refractivity contribution >= 4 is 17.8 Å². The summed E-state index contributed by atoms with van der Waals surface area (Å²) in [6, 6.07) is 6.62. The molecule has 1 saturated heterocycles. The summed E-state index contributed by atoms with van der Waals surface area (Å²) in [7, 11) is 2.95. The summed E-state index contributed by atoms with van der Waals surface area (Å²) < 4.78 is 10.1. The van der Waals surface area contributed by atoms with Gasteiger partial charge in [-0.2, -0.15) is 0 Å². The molecule has 0 radical (unpaired) electrons. The first-order valence-corrected chi connectivity index (χ1v) is 7.14. The molecule has 1 aromatic rings. The molecule has 0 aliphatic carbocycles. The highest BCUT2D eigenvalue weighted by Crippen LogP contribution is 2.40. The first-order valence-electron chi connectivity index (χ1n) is 7.14. The maximum Gasteiger partial charge on any atom is 0.304 e. The van der Waals surface area contributed by atoms with Gasteiger partial charge < -0.3 is 14.6 Å². The summed E-state index contributed by atoms with van der Waals surface area (Å²) in [6.45, 7) is 0.318. The number of rotatable bonds is 7. The molecule has 1 aliphatic rings. The summed E-state index contributed by atoms with van der Waals surface area (Å²) >= 11 is 0. The maximum atomic E-state index is 12.8. The lowest BCUT2D eigenvalue weighted by atomic mass is 9.76. The van der Waals surface area contributed by atoms with Gasteiger partial charge in [-0.15, -0.1) is 0 Å². The number of ether oxygens (including phenoxy) is 2. The van der Waals surface area contributed by atoms with Crippen LogP contribution in [0.4, 0.5) is 0 Å². The summed E-state index contributed by atoms with van der Waals surface area (Å²) in [6.07, 6.45) is -0.622. The molecule has 7 nitrogen and oxygen atoms in total. The monoisotopic (exact) mass is 321 g/mol. The SMILES string of the molecule is COCCN1C(=O)CC(CC(=O)O)(c2cccc(OC)c2)C1=O. The van der Waals surface area contributed by atoms with E-state index < -0.39 is 29.6 Å². The van der Waals surface area contributed by atoms with Crippen LogP contribution < -0.4 is 4.74 Å². The van der Waals surface area contributed by atoms with Crippen LogP contribution in [0.1, 0.15) is 18.4 Å². The Hall–Kier alpha value is -2.41. The minimum Gasteiger partial charge on any atom is -0.497 e. The van der Waals surface area contributed by atoms with Gasteiger partial charge >= 0.3 is 5.97 Å². The van der Waals surface area contributed by atoms with Crippen LogP contribution in [0.25, 0.3) is 0 Å². The van der Waals surface area contributed by atoms with Crippen molar-refractivity contribution in [2.45, 2.75) is 18.3 Å². The predicted octanol–water partition coefficient (Wildman–Crippen LogP) is 0.813. The molecule has 2 amide bonds. The zero-order chi connectivity index (χ0) is 17.0. The van der Waals surface area contributed by atoms with Crippen molar-refractivity contribution in [3.8, 4) is 5.75 Å². The first-order chi connectivity index (χ1) is 10.9. The van der Waals surface area contributed by atoms with Crippen LogP contribution in [-0.4, -0.2) is 55.2 Å². The molecule has 124 valence electrons. The number of imide groups is 1. The highest BCUT2D eigenvalue weighted by molar-refractivity contribution is 6.10. The molecule has 1 aliphatic heterocycles. The van der Waals surface area contributed by atoms with E-state index >= 15 is 0 Å². The average Bonchev–Trinajstić information content (AvgIpc) is 2.76. The summed E-state index contributed by atoms with van der Waals surface area (Å²) in [4.78, 5) is 37.5. The fraction of sp³-hybridized carbons (Fsp3) is 0.438. The maximum absolute atomic E-state index is 12.8. The number of nitrogens with zero attached hydrogens (tertiary/aromatic N) is 1. The lowest BCUT2D eigenvalue weighted by Gasteiger charge is -2.26. The van der Waals surface area contributed by atoms with Crippen molar-refractivity contribution in [1.82, 2.24) is 4.90 Å². The van der Waals surface area contributed by atoms with E-state index in [1.54, 1.807) is 24.3 Å². The van der Waals surface area contributed by atoms with Gasteiger partial charge in [0.25, 0.3) is 0 Å². The molecule has 1 atom stereocenters. The van der Waals surface area contributed by atoms with E-state index in [0.717, 1.165) is 4.90 Å². The smallest absolute Gasteiger partial charge is 0.304 e. The zero-order valence-corrected chi connectivity index (χ0v) is 13.1. The Kier molecular flexibility index (Phi) is 5.00. The Morgan fingerprint density at radius 2 is 2.09 bits per heavy atom. The van der Waals surface area contributed by atoms with Crippen LogP contribution >= 0.6 is 0 Å². The van der Waals surface area contributed by atoms with Gasteiger partial charge in [0.15, 0.2) is 0 Å². The van der Waals surface area contributed by atoms with Crippen LogP contribution in [0, 0.1) is 0 Å². The van der Waals surface area contributed by atoms with Crippen molar-refractivity contribution < 1.29 is 29.0 Å². The molecular weight excluding hydrogens is 302 g/mol. The number of amides is 2. The second-order valence-electron chi connectivity index (χ2n) is 5.40. The van der Waals surface area contributed by atoms with Gasteiger partial charge in [0.05, 0.1) is 32.1 Å². The van der Waals surface area contributed by atoms with Gasteiger partial charge in [0.1, 0.15) is 5.75 Å². The van der Waals surface area contributed by atoms with E-state index in [-0.39, 0.29) is 19.6 Å². The molecule has 1 N–H and O–H groups in total. The number of carboxylic acid groups (broad SMARTS) is 1. The van der Waals surface area contributed by atoms with Gasteiger partial charge in [-0.3, -0.25) is 19.3 Å². The van der Waals surface area contributed by atoms with Crippen molar-refractivity contribution in [2.75, 3.05) is 27.4 Å². The Labute approximate surface area is 133 Å². The van der Waals surface area contributed by atoms with Crippen molar-refractivity contribution in [2.24, 2.45) is 0 Å². The number of likely N-dealkylation sites (tertiary alicyclic amines) is 1. The second-order valence-corrected chi connectivity index (χ2v) is 5.40. The Bertz CT molecular complexity index is 629. The molecule has 1 aromatic carbocycles. The van der Waals surface area contributed by atoms with Crippen LogP contribution in [0.5, 0.6) is 5.75 Å². The van der Waals surface area contributed by atoms with E-state index in [9.17, 15) is 19.5 Å². The highest BCUT2D eigenvalue weighted by Gasteiger charge is 2.53. The minimum atomic E-state index is -1.40. The minimum absolute atomic E-state index is 0.111. The number of aliphatic carboxylic acids is 1. The van der Waals surface area contributed by atoms with E-state index in [1.165, 1.54) is 14.2 Å².